The normalized spacial score (nSPS) is 22.0. The summed E-state index contributed by atoms with van der Waals surface area (Å²) in [4.78, 5) is 66.6. The van der Waals surface area contributed by atoms with Crippen LogP contribution >= 0.6 is 11.6 Å². The topological polar surface area (TPSA) is 181 Å². The monoisotopic (exact) mass is 851 g/mol. The molecular weight excluding hydrogens is 802 g/mol. The van der Waals surface area contributed by atoms with Crippen LogP contribution in [-0.4, -0.2) is 113 Å². The summed E-state index contributed by atoms with van der Waals surface area (Å²) >= 11 is 6.67. The van der Waals surface area contributed by atoms with Gasteiger partial charge in [0.2, 0.25) is 17.8 Å². The quantitative estimate of drug-likeness (QED) is 0.172. The highest BCUT2D eigenvalue weighted by atomic mass is 35.5. The number of hydrogen-bond acceptors (Lipinski definition) is 13. The van der Waals surface area contributed by atoms with Crippen LogP contribution in [0.5, 0.6) is 11.5 Å². The van der Waals surface area contributed by atoms with Crippen LogP contribution in [0.2, 0.25) is 5.02 Å². The molecule has 320 valence electrons. The Morgan fingerprint density at radius 3 is 2.62 bits per heavy atom. The predicted molar refractivity (Wildman–Crippen MR) is 232 cm³/mol. The minimum atomic E-state index is -0.433. The number of para-hydroxylation sites is 1. The Labute approximate surface area is 357 Å². The molecule has 0 spiro atoms. The number of fused-ring (bicyclic) bond motifs is 1. The van der Waals surface area contributed by atoms with Crippen molar-refractivity contribution in [1.82, 2.24) is 39.8 Å². The smallest absolute Gasteiger partial charge is 0.293 e. The molecule has 0 saturated carbocycles. The molecule has 3 amide bonds. The summed E-state index contributed by atoms with van der Waals surface area (Å²) in [5.41, 5.74) is 3.86. The van der Waals surface area contributed by atoms with Gasteiger partial charge in [0.05, 0.1) is 40.6 Å². The van der Waals surface area contributed by atoms with Crippen LogP contribution in [0.4, 0.5) is 23.1 Å². The van der Waals surface area contributed by atoms with Crippen molar-refractivity contribution >= 4 is 74.3 Å². The summed E-state index contributed by atoms with van der Waals surface area (Å²) in [6, 6.07) is 11.3. The fraction of sp³-hybridized carbons (Fsp3) is 0.465. The van der Waals surface area contributed by atoms with E-state index >= 15 is 0 Å². The Balaban J connectivity index is 0.841. The number of likely N-dealkylation sites (N-methyl/N-ethyl adjacent to an activating group) is 1. The van der Waals surface area contributed by atoms with Gasteiger partial charge in [-0.15, -0.1) is 0 Å². The van der Waals surface area contributed by atoms with Gasteiger partial charge in [-0.2, -0.15) is 10.1 Å². The van der Waals surface area contributed by atoms with Crippen molar-refractivity contribution in [3.05, 3.63) is 63.7 Å². The van der Waals surface area contributed by atoms with E-state index in [9.17, 15) is 19.2 Å². The second-order valence-corrected chi connectivity index (χ2v) is 17.1. The van der Waals surface area contributed by atoms with Gasteiger partial charge in [-0.05, 0) is 49.8 Å². The van der Waals surface area contributed by atoms with Gasteiger partial charge in [0.1, 0.15) is 17.4 Å². The maximum absolute atomic E-state index is 13.4. The van der Waals surface area contributed by atoms with E-state index in [1.807, 2.05) is 42.9 Å². The number of carbonyl (C=O) groups excluding carboxylic acids is 3. The number of nitrogens with one attached hydrogen (secondary N) is 3. The zero-order chi connectivity index (χ0) is 42.5. The van der Waals surface area contributed by atoms with E-state index < -0.39 is 5.92 Å². The van der Waals surface area contributed by atoms with Gasteiger partial charge in [-0.3, -0.25) is 38.6 Å². The minimum Gasteiger partial charge on any atom is -0.489 e. The number of pyridine rings is 1. The minimum absolute atomic E-state index is 0.0807. The number of benzene rings is 2. The molecule has 0 bridgehead atoms. The summed E-state index contributed by atoms with van der Waals surface area (Å²) in [6.45, 7) is 10.5. The number of piperidine rings is 2. The number of aromatic nitrogens is 5. The molecule has 4 atom stereocenters. The number of anilines is 4. The van der Waals surface area contributed by atoms with Crippen molar-refractivity contribution in [1.29, 1.82) is 0 Å². The van der Waals surface area contributed by atoms with Crippen molar-refractivity contribution in [3.63, 3.8) is 0 Å². The average molecular weight is 852 g/mol. The van der Waals surface area contributed by atoms with E-state index in [-0.39, 0.29) is 41.7 Å². The molecule has 0 radical (unpaired) electrons. The summed E-state index contributed by atoms with van der Waals surface area (Å²) < 4.78 is 15.3. The van der Waals surface area contributed by atoms with Crippen LogP contribution in [0.15, 0.2) is 47.4 Å². The Morgan fingerprint density at radius 2 is 1.85 bits per heavy atom. The molecule has 2 aromatic carbocycles. The van der Waals surface area contributed by atoms with E-state index in [4.69, 9.17) is 31.2 Å². The molecule has 3 aromatic heterocycles. The number of halogens is 1. The SMILES string of the molecule is CNC(=O)COc1cc2cc(Nc3nc(N4CC[C@@H](CN5CCN(c6cccc7c(C8CCC(=O)NC8=O)nn(C)c67)CC5)[C@@H](C)C4)ncc3Cl)cc3c2n(c1=O)[C@@H](C)CO3. The van der Waals surface area contributed by atoms with Gasteiger partial charge in [-0.25, -0.2) is 4.98 Å². The zero-order valence-corrected chi connectivity index (χ0v) is 35.5. The van der Waals surface area contributed by atoms with E-state index in [1.165, 1.54) is 7.05 Å². The molecule has 7 heterocycles. The molecule has 3 saturated heterocycles. The third-order valence-corrected chi connectivity index (χ3v) is 12.9. The van der Waals surface area contributed by atoms with Gasteiger partial charge in [0, 0.05) is 88.9 Å². The predicted octanol–water partition coefficient (Wildman–Crippen LogP) is 3.96. The summed E-state index contributed by atoms with van der Waals surface area (Å²) in [7, 11) is 3.44. The number of aryl methyl sites for hydroxylation is 1. The molecule has 0 aliphatic carbocycles. The van der Waals surface area contributed by atoms with Crippen molar-refractivity contribution in [2.75, 3.05) is 81.2 Å². The first-order valence-corrected chi connectivity index (χ1v) is 21.3. The van der Waals surface area contributed by atoms with Crippen LogP contribution in [0.3, 0.4) is 0 Å². The summed E-state index contributed by atoms with van der Waals surface area (Å²) in [6.07, 6.45) is 3.42. The van der Waals surface area contributed by atoms with Gasteiger partial charge >= 0.3 is 0 Å². The Hall–Kier alpha value is -5.94. The maximum atomic E-state index is 13.4. The van der Waals surface area contributed by atoms with Gasteiger partial charge < -0.3 is 29.9 Å². The van der Waals surface area contributed by atoms with Crippen molar-refractivity contribution in [3.8, 4) is 11.5 Å². The number of nitrogens with zero attached hydrogens (tertiary/aromatic N) is 8. The van der Waals surface area contributed by atoms with Crippen molar-refractivity contribution < 1.29 is 23.9 Å². The van der Waals surface area contributed by atoms with Gasteiger partial charge in [0.15, 0.2) is 18.2 Å². The number of hydrogen-bond donors (Lipinski definition) is 3. The first-order chi connectivity index (χ1) is 29.4. The fourth-order valence-electron chi connectivity index (χ4n) is 9.32. The van der Waals surface area contributed by atoms with E-state index in [1.54, 1.807) is 16.8 Å². The third-order valence-electron chi connectivity index (χ3n) is 12.6. The Morgan fingerprint density at radius 1 is 1.03 bits per heavy atom. The molecule has 4 aliphatic heterocycles. The highest BCUT2D eigenvalue weighted by Crippen LogP contribution is 2.39. The lowest BCUT2D eigenvalue weighted by molar-refractivity contribution is -0.134. The second kappa shape index (κ2) is 16.5. The largest absolute Gasteiger partial charge is 0.489 e. The molecule has 17 nitrogen and oxygen atoms in total. The average Bonchev–Trinajstić information content (AvgIpc) is 3.59. The first-order valence-electron chi connectivity index (χ1n) is 21.0. The number of ether oxygens (including phenoxy) is 2. The molecule has 4 aliphatic rings. The van der Waals surface area contributed by atoms with Gasteiger partial charge in [0.25, 0.3) is 11.5 Å². The summed E-state index contributed by atoms with van der Waals surface area (Å²) in [5, 5.41) is 15.2. The van der Waals surface area contributed by atoms with E-state index in [0.717, 1.165) is 74.5 Å². The van der Waals surface area contributed by atoms with Crippen LogP contribution in [0, 0.1) is 11.8 Å². The number of amides is 3. The van der Waals surface area contributed by atoms with E-state index in [2.05, 4.69) is 48.6 Å². The molecule has 3 fully saturated rings. The molecule has 9 rings (SSSR count). The Kier molecular flexibility index (Phi) is 10.9. The molecule has 61 heavy (non-hydrogen) atoms. The van der Waals surface area contributed by atoms with Crippen molar-refractivity contribution in [2.24, 2.45) is 18.9 Å². The molecule has 1 unspecified atom stereocenters. The maximum Gasteiger partial charge on any atom is 0.293 e. The number of imide groups is 1. The highest BCUT2D eigenvalue weighted by Gasteiger charge is 2.34. The third kappa shape index (κ3) is 7.80. The lowest BCUT2D eigenvalue weighted by atomic mass is 9.86. The summed E-state index contributed by atoms with van der Waals surface area (Å²) in [5.74, 6) is 1.33. The molecule has 18 heteroatoms. The van der Waals surface area contributed by atoms with Crippen molar-refractivity contribution in [2.45, 2.75) is 45.1 Å². The van der Waals surface area contributed by atoms with Gasteiger partial charge in [-0.1, -0.05) is 30.7 Å². The standard InChI is InChI=1S/C43H50ClN11O6/c1-24-20-54(11-10-26(24)21-52-12-14-53(15-13-52)32-7-5-6-29-37(50-51(4)39(29)32)30-8-9-35(56)48-41(30)58)43-46-19-31(44)40(49-43)47-28-16-27-17-34(61-23-36(57)45-3)42(59)55-25(2)22-60-33(18-28)38(27)55/h5-7,16-19,24-26,30H,8-15,20-23H2,1-4H3,(H,45,57)(H,46,47,49)(H,48,56,58)/t24-,25-,26-,30?/m0/s1. The van der Waals surface area contributed by atoms with Crippen LogP contribution in [-0.2, 0) is 21.4 Å². The lowest BCUT2D eigenvalue weighted by Crippen LogP contribution is -2.50. The van der Waals surface area contributed by atoms with E-state index in [0.29, 0.717) is 70.4 Å². The lowest BCUT2D eigenvalue weighted by Gasteiger charge is -2.42. The van der Waals surface area contributed by atoms with Crippen LogP contribution in [0.25, 0.3) is 21.8 Å². The zero-order valence-electron chi connectivity index (χ0n) is 34.7. The number of carbonyl (C=O) groups is 3. The Bertz CT molecular complexity index is 2610. The second-order valence-electron chi connectivity index (χ2n) is 16.7. The molecular formula is C43H50ClN11O6. The van der Waals surface area contributed by atoms with Crippen LogP contribution < -0.4 is 40.8 Å². The molecule has 5 aromatic rings. The highest BCUT2D eigenvalue weighted by molar-refractivity contribution is 6.33. The first kappa shape index (κ1) is 40.5. The van der Waals surface area contributed by atoms with Crippen LogP contribution in [0.1, 0.15) is 50.8 Å². The molecule has 3 N–H and O–H groups in total. The number of piperazine rings is 1. The fourth-order valence-corrected chi connectivity index (χ4v) is 9.46. The number of rotatable bonds is 10.